The second-order valence-electron chi connectivity index (χ2n) is 3.85. The van der Waals surface area contributed by atoms with Crippen LogP contribution >= 0.6 is 11.6 Å². The van der Waals surface area contributed by atoms with Crippen molar-refractivity contribution in [2.24, 2.45) is 0 Å². The Kier molecular flexibility index (Phi) is 2.33. The fraction of sp³-hybridized carbons (Fsp3) is 0.250. The van der Waals surface area contributed by atoms with Crippen LogP contribution in [0.1, 0.15) is 17.7 Å². The molecular weight excluding hydrogens is 222 g/mol. The molecule has 0 spiro atoms. The summed E-state index contributed by atoms with van der Waals surface area (Å²) in [6.45, 7) is 0. The van der Waals surface area contributed by atoms with E-state index in [4.69, 9.17) is 11.6 Å². The normalized spacial score (nSPS) is 13.8. The van der Waals surface area contributed by atoms with E-state index in [2.05, 4.69) is 15.0 Å². The zero-order chi connectivity index (χ0) is 11.0. The average Bonchev–Trinajstić information content (AvgIpc) is 2.79. The van der Waals surface area contributed by atoms with Gasteiger partial charge in [0, 0.05) is 29.2 Å². The highest BCUT2D eigenvalue weighted by atomic mass is 35.5. The molecule has 0 saturated heterocycles. The van der Waals surface area contributed by atoms with Gasteiger partial charge in [-0.3, -0.25) is 4.98 Å². The van der Waals surface area contributed by atoms with E-state index >= 15 is 0 Å². The molecule has 0 atom stereocenters. The van der Waals surface area contributed by atoms with E-state index in [0.29, 0.717) is 11.0 Å². The number of hydrogen-bond donors (Lipinski definition) is 0. The molecule has 0 bridgehead atoms. The molecule has 16 heavy (non-hydrogen) atoms. The highest BCUT2D eigenvalue weighted by Crippen LogP contribution is 2.28. The SMILES string of the molecule is Clc1nc(-c2ccncc2)nc2c1CCC2. The molecule has 80 valence electrons. The highest BCUT2D eigenvalue weighted by Gasteiger charge is 2.18. The summed E-state index contributed by atoms with van der Waals surface area (Å²) in [6, 6.07) is 3.79. The molecule has 0 aromatic carbocycles. The van der Waals surface area contributed by atoms with Gasteiger partial charge in [0.05, 0.1) is 0 Å². The Hall–Kier alpha value is -1.48. The van der Waals surface area contributed by atoms with Gasteiger partial charge in [-0.15, -0.1) is 0 Å². The molecule has 1 aliphatic carbocycles. The van der Waals surface area contributed by atoms with Crippen LogP contribution < -0.4 is 0 Å². The van der Waals surface area contributed by atoms with Gasteiger partial charge in [-0.05, 0) is 31.4 Å². The predicted octanol–water partition coefficient (Wildman–Crippen LogP) is 2.68. The lowest BCUT2D eigenvalue weighted by molar-refractivity contribution is 0.900. The van der Waals surface area contributed by atoms with Gasteiger partial charge in [0.25, 0.3) is 0 Å². The van der Waals surface area contributed by atoms with Crippen molar-refractivity contribution in [1.29, 1.82) is 0 Å². The van der Waals surface area contributed by atoms with Gasteiger partial charge in [0.15, 0.2) is 5.82 Å². The molecule has 3 nitrogen and oxygen atoms in total. The van der Waals surface area contributed by atoms with E-state index in [9.17, 15) is 0 Å². The summed E-state index contributed by atoms with van der Waals surface area (Å²) < 4.78 is 0. The summed E-state index contributed by atoms with van der Waals surface area (Å²) in [5.41, 5.74) is 3.19. The number of aryl methyl sites for hydroxylation is 1. The van der Waals surface area contributed by atoms with E-state index in [-0.39, 0.29) is 0 Å². The van der Waals surface area contributed by atoms with Crippen molar-refractivity contribution in [2.75, 3.05) is 0 Å². The minimum Gasteiger partial charge on any atom is -0.265 e. The maximum atomic E-state index is 6.16. The van der Waals surface area contributed by atoms with Crippen molar-refractivity contribution in [1.82, 2.24) is 15.0 Å². The van der Waals surface area contributed by atoms with Crippen LogP contribution in [0.4, 0.5) is 0 Å². The monoisotopic (exact) mass is 231 g/mol. The number of fused-ring (bicyclic) bond motifs is 1. The second-order valence-corrected chi connectivity index (χ2v) is 4.21. The smallest absolute Gasteiger partial charge is 0.161 e. The van der Waals surface area contributed by atoms with Crippen LogP contribution in [0.5, 0.6) is 0 Å². The average molecular weight is 232 g/mol. The van der Waals surface area contributed by atoms with Gasteiger partial charge in [-0.2, -0.15) is 0 Å². The van der Waals surface area contributed by atoms with Crippen LogP contribution in [0, 0.1) is 0 Å². The quantitative estimate of drug-likeness (QED) is 0.709. The van der Waals surface area contributed by atoms with Gasteiger partial charge < -0.3 is 0 Å². The molecule has 3 rings (SSSR count). The van der Waals surface area contributed by atoms with E-state index in [0.717, 1.165) is 36.1 Å². The third kappa shape index (κ3) is 1.57. The van der Waals surface area contributed by atoms with Crippen molar-refractivity contribution >= 4 is 11.6 Å². The predicted molar refractivity (Wildman–Crippen MR) is 62.3 cm³/mol. The van der Waals surface area contributed by atoms with Gasteiger partial charge >= 0.3 is 0 Å². The standard InChI is InChI=1S/C12H10ClN3/c13-11-9-2-1-3-10(9)15-12(16-11)8-4-6-14-7-5-8/h4-7H,1-3H2. The fourth-order valence-corrected chi connectivity index (χ4v) is 2.30. The number of hydrogen-bond acceptors (Lipinski definition) is 3. The molecular formula is C12H10ClN3. The first-order valence-corrected chi connectivity index (χ1v) is 5.68. The van der Waals surface area contributed by atoms with Crippen molar-refractivity contribution in [3.8, 4) is 11.4 Å². The van der Waals surface area contributed by atoms with E-state index in [1.54, 1.807) is 12.4 Å². The van der Waals surface area contributed by atoms with E-state index in [1.807, 2.05) is 12.1 Å². The molecule has 0 fully saturated rings. The van der Waals surface area contributed by atoms with E-state index in [1.165, 1.54) is 0 Å². The first-order chi connectivity index (χ1) is 7.84. The Morgan fingerprint density at radius 2 is 1.88 bits per heavy atom. The molecule has 0 saturated carbocycles. The number of halogens is 1. The maximum absolute atomic E-state index is 6.16. The fourth-order valence-electron chi connectivity index (χ4n) is 2.02. The lowest BCUT2D eigenvalue weighted by atomic mass is 10.2. The Balaban J connectivity index is 2.13. The minimum atomic E-state index is 0.606. The molecule has 2 heterocycles. The Morgan fingerprint density at radius 3 is 2.69 bits per heavy atom. The van der Waals surface area contributed by atoms with Crippen LogP contribution in [0.2, 0.25) is 5.15 Å². The van der Waals surface area contributed by atoms with Gasteiger partial charge in [0.2, 0.25) is 0 Å². The first-order valence-electron chi connectivity index (χ1n) is 5.30. The number of nitrogens with zero attached hydrogens (tertiary/aromatic N) is 3. The molecule has 0 radical (unpaired) electrons. The third-order valence-corrected chi connectivity index (χ3v) is 3.13. The minimum absolute atomic E-state index is 0.606. The summed E-state index contributed by atoms with van der Waals surface area (Å²) in [4.78, 5) is 12.9. The summed E-state index contributed by atoms with van der Waals surface area (Å²) in [7, 11) is 0. The summed E-state index contributed by atoms with van der Waals surface area (Å²) >= 11 is 6.16. The topological polar surface area (TPSA) is 38.7 Å². The lowest BCUT2D eigenvalue weighted by Gasteiger charge is -2.05. The van der Waals surface area contributed by atoms with Crippen LogP contribution in [0.3, 0.4) is 0 Å². The number of pyridine rings is 1. The molecule has 2 aromatic rings. The van der Waals surface area contributed by atoms with Crippen molar-refractivity contribution in [3.63, 3.8) is 0 Å². The highest BCUT2D eigenvalue weighted by molar-refractivity contribution is 6.30. The Labute approximate surface area is 98.5 Å². The molecule has 4 heteroatoms. The summed E-state index contributed by atoms with van der Waals surface area (Å²) in [5, 5.41) is 0.606. The molecule has 2 aromatic heterocycles. The molecule has 0 aliphatic heterocycles. The van der Waals surface area contributed by atoms with Gasteiger partial charge in [0.1, 0.15) is 5.15 Å². The number of aromatic nitrogens is 3. The first kappa shape index (κ1) is 9.73. The van der Waals surface area contributed by atoms with Crippen LogP contribution in [-0.2, 0) is 12.8 Å². The van der Waals surface area contributed by atoms with Crippen molar-refractivity contribution in [2.45, 2.75) is 19.3 Å². The summed E-state index contributed by atoms with van der Waals surface area (Å²) in [5.74, 6) is 0.702. The zero-order valence-electron chi connectivity index (χ0n) is 8.65. The number of rotatable bonds is 1. The third-order valence-electron chi connectivity index (χ3n) is 2.82. The molecule has 0 N–H and O–H groups in total. The Morgan fingerprint density at radius 1 is 1.06 bits per heavy atom. The summed E-state index contributed by atoms with van der Waals surface area (Å²) in [6.07, 6.45) is 6.61. The Bertz CT molecular complexity index is 525. The zero-order valence-corrected chi connectivity index (χ0v) is 9.41. The largest absolute Gasteiger partial charge is 0.265 e. The maximum Gasteiger partial charge on any atom is 0.161 e. The van der Waals surface area contributed by atoms with E-state index < -0.39 is 0 Å². The molecule has 0 unspecified atom stereocenters. The molecule has 0 amide bonds. The van der Waals surface area contributed by atoms with Crippen LogP contribution in [0.15, 0.2) is 24.5 Å². The van der Waals surface area contributed by atoms with Gasteiger partial charge in [-0.25, -0.2) is 9.97 Å². The lowest BCUT2D eigenvalue weighted by Crippen LogP contribution is -1.97. The van der Waals surface area contributed by atoms with Crippen molar-refractivity contribution in [3.05, 3.63) is 40.9 Å². The van der Waals surface area contributed by atoms with Crippen LogP contribution in [0.25, 0.3) is 11.4 Å². The molecule has 1 aliphatic rings. The van der Waals surface area contributed by atoms with Gasteiger partial charge in [-0.1, -0.05) is 11.6 Å². The van der Waals surface area contributed by atoms with Crippen molar-refractivity contribution < 1.29 is 0 Å². The second kappa shape index (κ2) is 3.83. The van der Waals surface area contributed by atoms with Crippen LogP contribution in [-0.4, -0.2) is 15.0 Å².